The fourth-order valence-corrected chi connectivity index (χ4v) is 2.58. The molecule has 1 heterocycles. The lowest BCUT2D eigenvalue weighted by atomic mass is 9.90. The van der Waals surface area contributed by atoms with E-state index in [1.54, 1.807) is 0 Å². The molecule has 1 fully saturated rings. The second-order valence-corrected chi connectivity index (χ2v) is 6.64. The summed E-state index contributed by atoms with van der Waals surface area (Å²) in [6, 6.07) is 0. The average Bonchev–Trinajstić information content (AvgIpc) is 2.25. The number of halogens is 1. The maximum absolute atomic E-state index is 11.8. The van der Waals surface area contributed by atoms with Crippen molar-refractivity contribution in [2.24, 2.45) is 11.3 Å². The van der Waals surface area contributed by atoms with E-state index in [4.69, 9.17) is 16.3 Å². The van der Waals surface area contributed by atoms with Crippen LogP contribution in [0.2, 0.25) is 0 Å². The van der Waals surface area contributed by atoms with Gasteiger partial charge in [0.15, 0.2) is 0 Å². The number of carbonyl (C=O) groups is 1. The van der Waals surface area contributed by atoms with Gasteiger partial charge >= 0.3 is 0 Å². The number of hydrogen-bond donors (Lipinski definition) is 1. The van der Waals surface area contributed by atoms with Gasteiger partial charge < -0.3 is 10.1 Å². The molecule has 0 aromatic carbocycles. The zero-order chi connectivity index (χ0) is 12.9. The van der Waals surface area contributed by atoms with Crippen LogP contribution in [-0.2, 0) is 9.53 Å². The van der Waals surface area contributed by atoms with Crippen LogP contribution in [0.15, 0.2) is 0 Å². The molecule has 0 aromatic rings. The van der Waals surface area contributed by atoms with Crippen molar-refractivity contribution in [2.45, 2.75) is 45.4 Å². The molecule has 1 aliphatic rings. The summed E-state index contributed by atoms with van der Waals surface area (Å²) in [6.07, 6.45) is 2.80. The summed E-state index contributed by atoms with van der Waals surface area (Å²) in [4.78, 5) is 11.8. The summed E-state index contributed by atoms with van der Waals surface area (Å²) < 4.78 is 5.30. The van der Waals surface area contributed by atoms with E-state index in [1.807, 2.05) is 0 Å². The van der Waals surface area contributed by atoms with E-state index in [9.17, 15) is 4.79 Å². The van der Waals surface area contributed by atoms with Crippen molar-refractivity contribution >= 4 is 17.5 Å². The van der Waals surface area contributed by atoms with Crippen LogP contribution in [-0.4, -0.2) is 31.0 Å². The Balaban J connectivity index is 2.22. The third kappa shape index (κ3) is 6.27. The van der Waals surface area contributed by atoms with Gasteiger partial charge in [0.2, 0.25) is 5.91 Å². The summed E-state index contributed by atoms with van der Waals surface area (Å²) in [7, 11) is 0. The van der Waals surface area contributed by atoms with Crippen LogP contribution in [0.3, 0.4) is 0 Å². The SMILES string of the molecule is CC(C)(C)CC(Cl)CNC(=O)C1CCCOC1. The fourth-order valence-electron chi connectivity index (χ4n) is 2.04. The molecule has 0 spiro atoms. The summed E-state index contributed by atoms with van der Waals surface area (Å²) in [5.41, 5.74) is 0.199. The molecule has 0 saturated carbocycles. The predicted molar refractivity (Wildman–Crippen MR) is 70.3 cm³/mol. The minimum Gasteiger partial charge on any atom is -0.381 e. The van der Waals surface area contributed by atoms with E-state index < -0.39 is 0 Å². The first kappa shape index (κ1) is 14.8. The second kappa shape index (κ2) is 6.60. The molecule has 0 aliphatic carbocycles. The molecule has 2 unspecified atom stereocenters. The summed E-state index contributed by atoms with van der Waals surface area (Å²) >= 11 is 6.20. The smallest absolute Gasteiger partial charge is 0.225 e. The molecular formula is C13H24ClNO2. The molecular weight excluding hydrogens is 238 g/mol. The zero-order valence-electron chi connectivity index (χ0n) is 11.1. The van der Waals surface area contributed by atoms with Gasteiger partial charge in [0.1, 0.15) is 0 Å². The van der Waals surface area contributed by atoms with Crippen molar-refractivity contribution in [3.8, 4) is 0 Å². The number of amides is 1. The molecule has 1 aliphatic heterocycles. The Labute approximate surface area is 109 Å². The van der Waals surface area contributed by atoms with Crippen molar-refractivity contribution in [3.63, 3.8) is 0 Å². The normalized spacial score (nSPS) is 23.2. The predicted octanol–water partition coefficient (Wildman–Crippen LogP) is 2.57. The maximum atomic E-state index is 11.8. The van der Waals surface area contributed by atoms with E-state index in [0.717, 1.165) is 25.9 Å². The van der Waals surface area contributed by atoms with E-state index in [1.165, 1.54) is 0 Å². The molecule has 0 radical (unpaired) electrons. The van der Waals surface area contributed by atoms with Gasteiger partial charge in [0, 0.05) is 13.2 Å². The first-order chi connectivity index (χ1) is 7.88. The van der Waals surface area contributed by atoms with Gasteiger partial charge in [-0.25, -0.2) is 0 Å². The first-order valence-electron chi connectivity index (χ1n) is 6.38. The van der Waals surface area contributed by atoms with Crippen molar-refractivity contribution in [3.05, 3.63) is 0 Å². The van der Waals surface area contributed by atoms with E-state index >= 15 is 0 Å². The molecule has 1 rings (SSSR count). The average molecular weight is 262 g/mol. The third-order valence-electron chi connectivity index (χ3n) is 2.86. The highest BCUT2D eigenvalue weighted by molar-refractivity contribution is 6.20. The van der Waals surface area contributed by atoms with Crippen LogP contribution in [0.4, 0.5) is 0 Å². The molecule has 1 N–H and O–H groups in total. The van der Waals surface area contributed by atoms with Gasteiger partial charge in [0.25, 0.3) is 0 Å². The standard InChI is InChI=1S/C13H24ClNO2/c1-13(2,3)7-11(14)8-15-12(16)10-5-4-6-17-9-10/h10-11H,4-9H2,1-3H3,(H,15,16). The monoisotopic (exact) mass is 261 g/mol. The lowest BCUT2D eigenvalue weighted by Gasteiger charge is -2.24. The van der Waals surface area contributed by atoms with Crippen molar-refractivity contribution in [1.82, 2.24) is 5.32 Å². The van der Waals surface area contributed by atoms with Crippen LogP contribution >= 0.6 is 11.6 Å². The second-order valence-electron chi connectivity index (χ2n) is 6.02. The van der Waals surface area contributed by atoms with Gasteiger partial charge in [-0.2, -0.15) is 0 Å². The first-order valence-corrected chi connectivity index (χ1v) is 6.81. The molecule has 1 saturated heterocycles. The quantitative estimate of drug-likeness (QED) is 0.790. The Morgan fingerprint density at radius 2 is 2.24 bits per heavy atom. The summed E-state index contributed by atoms with van der Waals surface area (Å²) in [5, 5.41) is 2.93. The van der Waals surface area contributed by atoms with Crippen molar-refractivity contribution in [1.29, 1.82) is 0 Å². The molecule has 1 amide bonds. The Hall–Kier alpha value is -0.280. The third-order valence-corrected chi connectivity index (χ3v) is 3.17. The Kier molecular flexibility index (Phi) is 5.74. The fraction of sp³-hybridized carbons (Fsp3) is 0.923. The highest BCUT2D eigenvalue weighted by atomic mass is 35.5. The summed E-state index contributed by atoms with van der Waals surface area (Å²) in [5.74, 6) is 0.103. The van der Waals surface area contributed by atoms with Crippen LogP contribution in [0, 0.1) is 11.3 Å². The molecule has 3 nitrogen and oxygen atoms in total. The maximum Gasteiger partial charge on any atom is 0.225 e. The Morgan fingerprint density at radius 3 is 2.76 bits per heavy atom. The molecule has 2 atom stereocenters. The highest BCUT2D eigenvalue weighted by Gasteiger charge is 2.23. The number of carbonyl (C=O) groups excluding carboxylic acids is 1. The lowest BCUT2D eigenvalue weighted by Crippen LogP contribution is -2.39. The summed E-state index contributed by atoms with van der Waals surface area (Å²) in [6.45, 7) is 8.34. The van der Waals surface area contributed by atoms with E-state index in [-0.39, 0.29) is 22.6 Å². The molecule has 100 valence electrons. The molecule has 4 heteroatoms. The van der Waals surface area contributed by atoms with Gasteiger partial charge in [-0.15, -0.1) is 11.6 Å². The van der Waals surface area contributed by atoms with Gasteiger partial charge in [-0.05, 0) is 24.7 Å². The highest BCUT2D eigenvalue weighted by Crippen LogP contribution is 2.23. The molecule has 17 heavy (non-hydrogen) atoms. The number of rotatable bonds is 4. The van der Waals surface area contributed by atoms with Crippen LogP contribution in [0.1, 0.15) is 40.0 Å². The van der Waals surface area contributed by atoms with E-state index in [2.05, 4.69) is 26.1 Å². The molecule has 0 bridgehead atoms. The van der Waals surface area contributed by atoms with E-state index in [0.29, 0.717) is 13.2 Å². The number of nitrogens with one attached hydrogen (secondary N) is 1. The number of alkyl halides is 1. The topological polar surface area (TPSA) is 38.3 Å². The van der Waals surface area contributed by atoms with Crippen LogP contribution < -0.4 is 5.32 Å². The minimum absolute atomic E-state index is 0.00320. The largest absolute Gasteiger partial charge is 0.381 e. The van der Waals surface area contributed by atoms with Crippen molar-refractivity contribution < 1.29 is 9.53 Å². The zero-order valence-corrected chi connectivity index (χ0v) is 11.8. The van der Waals surface area contributed by atoms with Crippen LogP contribution in [0.25, 0.3) is 0 Å². The lowest BCUT2D eigenvalue weighted by molar-refractivity contribution is -0.128. The molecule has 0 aromatic heterocycles. The Morgan fingerprint density at radius 1 is 1.53 bits per heavy atom. The van der Waals surface area contributed by atoms with Gasteiger partial charge in [-0.3, -0.25) is 4.79 Å². The van der Waals surface area contributed by atoms with Gasteiger partial charge in [-0.1, -0.05) is 20.8 Å². The Bertz CT molecular complexity index is 244. The minimum atomic E-state index is 0.00320. The van der Waals surface area contributed by atoms with Crippen molar-refractivity contribution in [2.75, 3.05) is 19.8 Å². The van der Waals surface area contributed by atoms with Crippen LogP contribution in [0.5, 0.6) is 0 Å². The van der Waals surface area contributed by atoms with Gasteiger partial charge in [0.05, 0.1) is 17.9 Å². The number of hydrogen-bond acceptors (Lipinski definition) is 2. The number of ether oxygens (including phenoxy) is 1.